The van der Waals surface area contributed by atoms with E-state index in [1.54, 1.807) is 10.7 Å². The number of carbonyl (C=O) groups excluding carboxylic acids is 1. The van der Waals surface area contributed by atoms with E-state index in [4.69, 9.17) is 0 Å². The van der Waals surface area contributed by atoms with E-state index in [0.29, 0.717) is 12.2 Å². The molecule has 0 radical (unpaired) electrons. The first-order valence-corrected chi connectivity index (χ1v) is 10.9. The third-order valence-corrected chi connectivity index (χ3v) is 6.39. The number of nitrogens with one attached hydrogen (secondary N) is 1. The number of amides is 1. The van der Waals surface area contributed by atoms with Crippen LogP contribution in [-0.4, -0.2) is 42.2 Å². The Morgan fingerprint density at radius 2 is 1.93 bits per heavy atom. The van der Waals surface area contributed by atoms with E-state index >= 15 is 0 Å². The van der Waals surface area contributed by atoms with Gasteiger partial charge in [-0.3, -0.25) is 4.79 Å². The summed E-state index contributed by atoms with van der Waals surface area (Å²) in [4.78, 5) is 12.6. The van der Waals surface area contributed by atoms with Gasteiger partial charge in [0.1, 0.15) is 11.6 Å². The molecular weight excluding hydrogens is 404 g/mol. The minimum absolute atomic E-state index is 0.0270. The molecule has 2 aromatic rings. The third-order valence-electron chi connectivity index (χ3n) is 4.64. The highest BCUT2D eigenvalue weighted by atomic mass is 32.2. The Balaban J connectivity index is 1.85. The molecule has 1 amide bonds. The first-order valence-electron chi connectivity index (χ1n) is 9.11. The van der Waals surface area contributed by atoms with Crippen LogP contribution in [0.25, 0.3) is 0 Å². The van der Waals surface area contributed by atoms with E-state index in [0.717, 1.165) is 5.69 Å². The van der Waals surface area contributed by atoms with E-state index in [1.165, 1.54) is 24.3 Å². The topological polar surface area (TPSA) is 90.3 Å². The maximum absolute atomic E-state index is 12.6. The summed E-state index contributed by atoms with van der Waals surface area (Å²) in [6, 6.07) is 6.69. The Bertz CT molecular complexity index is 995. The molecule has 3 rings (SSSR count). The lowest BCUT2D eigenvalue weighted by Gasteiger charge is -2.15. The van der Waals surface area contributed by atoms with Crippen molar-refractivity contribution in [2.45, 2.75) is 45.3 Å². The molecule has 158 valence electrons. The van der Waals surface area contributed by atoms with Crippen LogP contribution in [-0.2, 0) is 15.3 Å². The molecule has 1 unspecified atom stereocenters. The Morgan fingerprint density at radius 1 is 1.28 bits per heavy atom. The minimum atomic E-state index is -3.13. The predicted molar refractivity (Wildman–Crippen MR) is 104 cm³/mol. The highest BCUT2D eigenvalue weighted by molar-refractivity contribution is 7.91. The van der Waals surface area contributed by atoms with Gasteiger partial charge in [-0.1, -0.05) is 20.8 Å². The maximum atomic E-state index is 12.6. The molecule has 1 N–H and O–H groups in total. The number of alkyl halides is 2. The van der Waals surface area contributed by atoms with Crippen molar-refractivity contribution in [3.63, 3.8) is 0 Å². The van der Waals surface area contributed by atoms with Gasteiger partial charge in [-0.25, -0.2) is 13.1 Å². The van der Waals surface area contributed by atoms with E-state index < -0.39 is 22.4 Å². The van der Waals surface area contributed by atoms with Crippen molar-refractivity contribution in [2.75, 3.05) is 16.8 Å². The van der Waals surface area contributed by atoms with Gasteiger partial charge < -0.3 is 10.1 Å². The molecule has 0 aliphatic carbocycles. The van der Waals surface area contributed by atoms with E-state index in [9.17, 15) is 22.0 Å². The zero-order valence-corrected chi connectivity index (χ0v) is 17.2. The number of hydrogen-bond donors (Lipinski definition) is 1. The molecule has 1 aliphatic heterocycles. The average Bonchev–Trinajstić information content (AvgIpc) is 3.17. The van der Waals surface area contributed by atoms with Crippen molar-refractivity contribution < 1.29 is 26.7 Å². The maximum Gasteiger partial charge on any atom is 0.387 e. The number of hydrogen-bond acceptors (Lipinski definition) is 5. The zero-order chi connectivity index (χ0) is 21.4. The van der Waals surface area contributed by atoms with Gasteiger partial charge in [0.05, 0.1) is 23.2 Å². The first kappa shape index (κ1) is 21.2. The normalized spacial score (nSPS) is 18.8. The number of benzene rings is 1. The molecular formula is C19H23F2N3O4S. The molecule has 1 saturated heterocycles. The fraction of sp³-hybridized carbons (Fsp3) is 0.474. The Hall–Kier alpha value is -2.49. The Labute approximate surface area is 168 Å². The van der Waals surface area contributed by atoms with Crippen molar-refractivity contribution >= 4 is 21.6 Å². The van der Waals surface area contributed by atoms with Gasteiger partial charge in [0, 0.05) is 17.0 Å². The lowest BCUT2D eigenvalue weighted by Crippen LogP contribution is -2.20. The summed E-state index contributed by atoms with van der Waals surface area (Å²) in [6.45, 7) is 2.97. The summed E-state index contributed by atoms with van der Waals surface area (Å²) in [5.41, 5.74) is 0.671. The van der Waals surface area contributed by atoms with E-state index in [1.807, 2.05) is 20.8 Å². The van der Waals surface area contributed by atoms with Crippen LogP contribution in [0.15, 0.2) is 30.3 Å². The monoisotopic (exact) mass is 427 g/mol. The number of sulfone groups is 1. The van der Waals surface area contributed by atoms with Crippen LogP contribution in [0.5, 0.6) is 5.75 Å². The number of aromatic nitrogens is 2. The second-order valence-corrected chi connectivity index (χ2v) is 10.3. The summed E-state index contributed by atoms with van der Waals surface area (Å²) >= 11 is 0. The van der Waals surface area contributed by atoms with Crippen molar-refractivity contribution in [1.82, 2.24) is 9.78 Å². The summed E-state index contributed by atoms with van der Waals surface area (Å²) in [7, 11) is -3.13. The highest BCUT2D eigenvalue weighted by Gasteiger charge is 2.33. The van der Waals surface area contributed by atoms with Crippen LogP contribution in [0, 0.1) is 0 Å². The predicted octanol–water partition coefficient (Wildman–Crippen LogP) is 3.39. The molecule has 1 fully saturated rings. The van der Waals surface area contributed by atoms with Crippen molar-refractivity contribution in [2.24, 2.45) is 0 Å². The smallest absolute Gasteiger partial charge is 0.387 e. The summed E-state index contributed by atoms with van der Waals surface area (Å²) in [6.07, 6.45) is 0.427. The van der Waals surface area contributed by atoms with Gasteiger partial charge in [-0.2, -0.15) is 13.9 Å². The van der Waals surface area contributed by atoms with Gasteiger partial charge in [-0.15, -0.1) is 0 Å². The summed E-state index contributed by atoms with van der Waals surface area (Å²) in [5.74, 6) is -0.0546. The quantitative estimate of drug-likeness (QED) is 0.790. The number of rotatable bonds is 5. The van der Waals surface area contributed by atoms with E-state index in [-0.39, 0.29) is 34.3 Å². The average molecular weight is 427 g/mol. The van der Waals surface area contributed by atoms with Crippen LogP contribution in [0.3, 0.4) is 0 Å². The molecule has 1 aliphatic rings. The molecule has 0 bridgehead atoms. The Kier molecular flexibility index (Phi) is 5.66. The van der Waals surface area contributed by atoms with Gasteiger partial charge >= 0.3 is 6.61 Å². The van der Waals surface area contributed by atoms with Gasteiger partial charge in [-0.05, 0) is 30.7 Å². The number of ether oxygens (including phenoxy) is 1. The van der Waals surface area contributed by atoms with Gasteiger partial charge in [0.15, 0.2) is 9.84 Å². The molecule has 0 spiro atoms. The fourth-order valence-electron chi connectivity index (χ4n) is 3.08. The van der Waals surface area contributed by atoms with Gasteiger partial charge in [0.2, 0.25) is 0 Å². The van der Waals surface area contributed by atoms with Crippen LogP contribution in [0.2, 0.25) is 0 Å². The number of nitrogens with zero attached hydrogens (tertiary/aromatic N) is 2. The van der Waals surface area contributed by atoms with Crippen molar-refractivity contribution in [1.29, 1.82) is 0 Å². The summed E-state index contributed by atoms with van der Waals surface area (Å²) in [5, 5.41) is 7.32. The SMILES string of the molecule is CC(C)(C)c1cc(NC(=O)c2ccc(OC(F)F)cc2)n(C2CCS(=O)(=O)C2)n1. The lowest BCUT2D eigenvalue weighted by atomic mass is 9.92. The largest absolute Gasteiger partial charge is 0.435 e. The second-order valence-electron chi connectivity index (χ2n) is 8.02. The molecule has 1 aromatic heterocycles. The molecule has 2 heterocycles. The molecule has 10 heteroatoms. The van der Waals surface area contributed by atoms with Crippen LogP contribution >= 0.6 is 0 Å². The van der Waals surface area contributed by atoms with Crippen molar-refractivity contribution in [3.8, 4) is 5.75 Å². The fourth-order valence-corrected chi connectivity index (χ4v) is 4.77. The number of carbonyl (C=O) groups is 1. The van der Waals surface area contributed by atoms with Gasteiger partial charge in [0.25, 0.3) is 5.91 Å². The zero-order valence-electron chi connectivity index (χ0n) is 16.4. The van der Waals surface area contributed by atoms with Crippen LogP contribution in [0.1, 0.15) is 49.3 Å². The highest BCUT2D eigenvalue weighted by Crippen LogP contribution is 2.31. The molecule has 0 saturated carbocycles. The molecule has 29 heavy (non-hydrogen) atoms. The number of anilines is 1. The molecule has 1 aromatic carbocycles. The molecule has 1 atom stereocenters. The third kappa shape index (κ3) is 5.11. The number of halogens is 2. The van der Waals surface area contributed by atoms with Crippen LogP contribution < -0.4 is 10.1 Å². The molecule has 7 nitrogen and oxygen atoms in total. The first-order chi connectivity index (χ1) is 13.4. The van der Waals surface area contributed by atoms with Crippen molar-refractivity contribution in [3.05, 3.63) is 41.6 Å². The second kappa shape index (κ2) is 7.74. The van der Waals surface area contributed by atoms with E-state index in [2.05, 4.69) is 15.2 Å². The lowest BCUT2D eigenvalue weighted by molar-refractivity contribution is -0.0498. The summed E-state index contributed by atoms with van der Waals surface area (Å²) < 4.78 is 54.1. The standard InChI is InChI=1S/C19H23F2N3O4S/c1-19(2,3)15-10-16(24(23-15)13-8-9-29(26,27)11-13)22-17(25)12-4-6-14(7-5-12)28-18(20)21/h4-7,10,13,18H,8-9,11H2,1-3H3,(H,22,25). The minimum Gasteiger partial charge on any atom is -0.435 e. The Morgan fingerprint density at radius 3 is 2.45 bits per heavy atom. The van der Waals surface area contributed by atoms with Crippen LogP contribution in [0.4, 0.5) is 14.6 Å².